The molecule has 0 heterocycles. The van der Waals surface area contributed by atoms with Crippen molar-refractivity contribution >= 4 is 17.3 Å². The second-order valence-corrected chi connectivity index (χ2v) is 5.59. The van der Waals surface area contributed by atoms with E-state index in [0.29, 0.717) is 18.7 Å². The fourth-order valence-corrected chi connectivity index (χ4v) is 2.31. The molecule has 0 saturated carbocycles. The molecule has 2 aromatic carbocycles. The molecule has 0 fully saturated rings. The minimum Gasteiger partial charge on any atom is -0.394 e. The maximum atomic E-state index is 12.2. The number of nitro benzene ring substituents is 1. The lowest BCUT2D eigenvalue weighted by atomic mass is 10.1. The third kappa shape index (κ3) is 5.02. The van der Waals surface area contributed by atoms with Gasteiger partial charge in [0.15, 0.2) is 0 Å². The molecule has 0 aliphatic heterocycles. The standard InChI is InChI=1S/C18H21N3O4/c1-2-15(12-22)20-18(23)14-8-9-16(17(10-14)21(24)25)19-11-13-6-4-3-5-7-13/h3-10,15,19,22H,2,11-12H2,1H3,(H,20,23). The number of rotatable bonds is 8. The van der Waals surface area contributed by atoms with Gasteiger partial charge in [0.2, 0.25) is 0 Å². The molecular formula is C18H21N3O4. The molecule has 2 rings (SSSR count). The van der Waals surface area contributed by atoms with Gasteiger partial charge in [0.05, 0.1) is 17.6 Å². The number of hydrogen-bond acceptors (Lipinski definition) is 5. The smallest absolute Gasteiger partial charge is 0.293 e. The van der Waals surface area contributed by atoms with E-state index in [2.05, 4.69) is 10.6 Å². The van der Waals surface area contributed by atoms with E-state index in [0.717, 1.165) is 5.56 Å². The molecule has 1 amide bonds. The van der Waals surface area contributed by atoms with E-state index in [9.17, 15) is 14.9 Å². The predicted octanol–water partition coefficient (Wildman–Crippen LogP) is 2.71. The van der Waals surface area contributed by atoms with Crippen LogP contribution in [0.25, 0.3) is 0 Å². The molecule has 7 heteroatoms. The van der Waals surface area contributed by atoms with Crippen LogP contribution < -0.4 is 10.6 Å². The van der Waals surface area contributed by atoms with Crippen LogP contribution in [0.3, 0.4) is 0 Å². The Morgan fingerprint density at radius 2 is 1.96 bits per heavy atom. The van der Waals surface area contributed by atoms with E-state index in [1.54, 1.807) is 0 Å². The Morgan fingerprint density at radius 1 is 1.24 bits per heavy atom. The highest BCUT2D eigenvalue weighted by Gasteiger charge is 2.19. The maximum Gasteiger partial charge on any atom is 0.293 e. The molecule has 0 saturated heterocycles. The summed E-state index contributed by atoms with van der Waals surface area (Å²) >= 11 is 0. The van der Waals surface area contributed by atoms with Gasteiger partial charge in [-0.05, 0) is 24.1 Å². The van der Waals surface area contributed by atoms with Crippen LogP contribution in [-0.4, -0.2) is 28.6 Å². The third-order valence-electron chi connectivity index (χ3n) is 3.83. The van der Waals surface area contributed by atoms with Gasteiger partial charge in [0.25, 0.3) is 11.6 Å². The van der Waals surface area contributed by atoms with E-state index >= 15 is 0 Å². The SMILES string of the molecule is CCC(CO)NC(=O)c1ccc(NCc2ccccc2)c([N+](=O)[O-])c1. The summed E-state index contributed by atoms with van der Waals surface area (Å²) < 4.78 is 0. The first kappa shape index (κ1) is 18.4. The van der Waals surface area contributed by atoms with Crippen molar-refractivity contribution in [1.29, 1.82) is 0 Å². The van der Waals surface area contributed by atoms with Crippen LogP contribution in [0.1, 0.15) is 29.3 Å². The van der Waals surface area contributed by atoms with Gasteiger partial charge in [0, 0.05) is 18.2 Å². The lowest BCUT2D eigenvalue weighted by Crippen LogP contribution is -2.36. The number of carbonyl (C=O) groups excluding carboxylic acids is 1. The number of aliphatic hydroxyl groups is 1. The van der Waals surface area contributed by atoms with Crippen molar-refractivity contribution in [1.82, 2.24) is 5.32 Å². The van der Waals surface area contributed by atoms with Crippen molar-refractivity contribution in [2.75, 3.05) is 11.9 Å². The van der Waals surface area contributed by atoms with Crippen LogP contribution in [0.4, 0.5) is 11.4 Å². The number of hydrogen-bond donors (Lipinski definition) is 3. The number of benzene rings is 2. The summed E-state index contributed by atoms with van der Waals surface area (Å²) in [6.45, 7) is 2.09. The van der Waals surface area contributed by atoms with Crippen molar-refractivity contribution in [2.45, 2.75) is 25.9 Å². The summed E-state index contributed by atoms with van der Waals surface area (Å²) in [5.74, 6) is -0.446. The monoisotopic (exact) mass is 343 g/mol. The van der Waals surface area contributed by atoms with E-state index in [4.69, 9.17) is 5.11 Å². The third-order valence-corrected chi connectivity index (χ3v) is 3.83. The summed E-state index contributed by atoms with van der Waals surface area (Å²) in [6, 6.07) is 13.4. The number of carbonyl (C=O) groups is 1. The zero-order valence-electron chi connectivity index (χ0n) is 13.9. The quantitative estimate of drug-likeness (QED) is 0.505. The van der Waals surface area contributed by atoms with E-state index < -0.39 is 10.8 Å². The van der Waals surface area contributed by atoms with Crippen LogP contribution in [0, 0.1) is 10.1 Å². The Labute approximate surface area is 145 Å². The van der Waals surface area contributed by atoms with Gasteiger partial charge < -0.3 is 15.7 Å². The van der Waals surface area contributed by atoms with Crippen molar-refractivity contribution in [3.05, 3.63) is 69.8 Å². The molecule has 1 unspecified atom stereocenters. The van der Waals surface area contributed by atoms with Gasteiger partial charge in [-0.15, -0.1) is 0 Å². The number of nitro groups is 1. The van der Waals surface area contributed by atoms with Gasteiger partial charge in [-0.2, -0.15) is 0 Å². The van der Waals surface area contributed by atoms with Crippen molar-refractivity contribution < 1.29 is 14.8 Å². The number of aliphatic hydroxyl groups excluding tert-OH is 1. The first-order valence-electron chi connectivity index (χ1n) is 8.03. The average Bonchev–Trinajstić information content (AvgIpc) is 2.64. The second-order valence-electron chi connectivity index (χ2n) is 5.59. The number of nitrogens with zero attached hydrogens (tertiary/aromatic N) is 1. The highest BCUT2D eigenvalue weighted by atomic mass is 16.6. The molecular weight excluding hydrogens is 322 g/mol. The van der Waals surface area contributed by atoms with Crippen molar-refractivity contribution in [2.24, 2.45) is 0 Å². The summed E-state index contributed by atoms with van der Waals surface area (Å²) in [5.41, 5.74) is 1.36. The summed E-state index contributed by atoms with van der Waals surface area (Å²) in [4.78, 5) is 23.0. The van der Waals surface area contributed by atoms with Gasteiger partial charge in [-0.3, -0.25) is 14.9 Å². The normalized spacial score (nSPS) is 11.6. The fourth-order valence-electron chi connectivity index (χ4n) is 2.31. The topological polar surface area (TPSA) is 104 Å². The molecule has 2 aromatic rings. The lowest BCUT2D eigenvalue weighted by Gasteiger charge is -2.14. The predicted molar refractivity (Wildman–Crippen MR) is 95.5 cm³/mol. The molecule has 0 bridgehead atoms. The molecule has 0 radical (unpaired) electrons. The number of anilines is 1. The van der Waals surface area contributed by atoms with Gasteiger partial charge in [-0.1, -0.05) is 37.3 Å². The largest absolute Gasteiger partial charge is 0.394 e. The highest BCUT2D eigenvalue weighted by molar-refractivity contribution is 5.95. The molecule has 0 aliphatic rings. The van der Waals surface area contributed by atoms with Crippen LogP contribution in [0.15, 0.2) is 48.5 Å². The first-order valence-corrected chi connectivity index (χ1v) is 8.03. The molecule has 7 nitrogen and oxygen atoms in total. The van der Waals surface area contributed by atoms with E-state index in [-0.39, 0.29) is 23.9 Å². The average molecular weight is 343 g/mol. The van der Waals surface area contributed by atoms with Crippen LogP contribution in [-0.2, 0) is 6.54 Å². The molecule has 0 spiro atoms. The Morgan fingerprint density at radius 3 is 2.56 bits per heavy atom. The summed E-state index contributed by atoms with van der Waals surface area (Å²) in [5, 5.41) is 26.2. The summed E-state index contributed by atoms with van der Waals surface area (Å²) in [7, 11) is 0. The number of nitrogens with one attached hydrogen (secondary N) is 2. The maximum absolute atomic E-state index is 12.2. The molecule has 0 aliphatic carbocycles. The Hall–Kier alpha value is -2.93. The minimum absolute atomic E-state index is 0.166. The van der Waals surface area contributed by atoms with Gasteiger partial charge in [0.1, 0.15) is 5.69 Å². The van der Waals surface area contributed by atoms with Crippen LogP contribution in [0.5, 0.6) is 0 Å². The van der Waals surface area contributed by atoms with E-state index in [1.807, 2.05) is 37.3 Å². The molecule has 25 heavy (non-hydrogen) atoms. The Balaban J connectivity index is 2.16. The first-order chi connectivity index (χ1) is 12.0. The molecule has 132 valence electrons. The highest BCUT2D eigenvalue weighted by Crippen LogP contribution is 2.26. The van der Waals surface area contributed by atoms with Gasteiger partial charge in [-0.25, -0.2) is 0 Å². The van der Waals surface area contributed by atoms with E-state index in [1.165, 1.54) is 18.2 Å². The lowest BCUT2D eigenvalue weighted by molar-refractivity contribution is -0.384. The Kier molecular flexibility index (Phi) is 6.47. The zero-order chi connectivity index (χ0) is 18.2. The Bertz CT molecular complexity index is 730. The number of amides is 1. The molecule has 1 atom stereocenters. The summed E-state index contributed by atoms with van der Waals surface area (Å²) in [6.07, 6.45) is 0.570. The van der Waals surface area contributed by atoms with Gasteiger partial charge >= 0.3 is 0 Å². The fraction of sp³-hybridized carbons (Fsp3) is 0.278. The molecule has 3 N–H and O–H groups in total. The van der Waals surface area contributed by atoms with Crippen molar-refractivity contribution in [3.63, 3.8) is 0 Å². The van der Waals surface area contributed by atoms with Crippen molar-refractivity contribution in [3.8, 4) is 0 Å². The molecule has 0 aromatic heterocycles. The van der Waals surface area contributed by atoms with Crippen LogP contribution in [0.2, 0.25) is 0 Å². The van der Waals surface area contributed by atoms with Crippen LogP contribution >= 0.6 is 0 Å². The zero-order valence-corrected chi connectivity index (χ0v) is 13.9. The minimum atomic E-state index is -0.520. The second kappa shape index (κ2) is 8.79.